The van der Waals surface area contributed by atoms with Gasteiger partial charge in [-0.15, -0.1) is 0 Å². The lowest BCUT2D eigenvalue weighted by Gasteiger charge is -2.31. The van der Waals surface area contributed by atoms with Crippen LogP contribution in [0.3, 0.4) is 0 Å². The summed E-state index contributed by atoms with van der Waals surface area (Å²) in [5, 5.41) is 1.23. The van der Waals surface area contributed by atoms with Crippen molar-refractivity contribution in [3.8, 4) is 5.75 Å². The van der Waals surface area contributed by atoms with Gasteiger partial charge in [0.05, 0.1) is 6.61 Å². The number of fused-ring (bicyclic) bond motifs is 1. The monoisotopic (exact) mass is 270 g/mol. The molecule has 2 aliphatic rings. The highest BCUT2D eigenvalue weighted by molar-refractivity contribution is 5.80. The van der Waals surface area contributed by atoms with Gasteiger partial charge in [0.1, 0.15) is 5.75 Å². The quantitative estimate of drug-likeness (QED) is 0.922. The average Bonchev–Trinajstić information content (AvgIpc) is 3.23. The molecule has 2 heterocycles. The molecule has 1 N–H and O–H groups in total. The molecule has 1 aliphatic heterocycles. The van der Waals surface area contributed by atoms with Crippen molar-refractivity contribution in [2.75, 3.05) is 19.7 Å². The fourth-order valence-electron chi connectivity index (χ4n) is 3.26. The Balaban J connectivity index is 1.31. The maximum atomic E-state index is 6.00. The second-order valence-corrected chi connectivity index (χ2v) is 6.25. The maximum Gasteiger partial charge on any atom is 0.120 e. The summed E-state index contributed by atoms with van der Waals surface area (Å²) in [6.45, 7) is 3.42. The van der Waals surface area contributed by atoms with Crippen LogP contribution in [-0.2, 0) is 0 Å². The van der Waals surface area contributed by atoms with E-state index in [1.54, 1.807) is 0 Å². The lowest BCUT2D eigenvalue weighted by molar-refractivity contribution is 0.136. The van der Waals surface area contributed by atoms with Crippen LogP contribution in [0.15, 0.2) is 30.5 Å². The number of aromatic nitrogens is 1. The van der Waals surface area contributed by atoms with Gasteiger partial charge in [-0.05, 0) is 69.0 Å². The number of piperidine rings is 1. The largest absolute Gasteiger partial charge is 0.493 e. The summed E-state index contributed by atoms with van der Waals surface area (Å²) in [5.74, 6) is 1.73. The third-order valence-corrected chi connectivity index (χ3v) is 4.72. The first-order chi connectivity index (χ1) is 9.88. The molecule has 4 rings (SSSR count). The fourth-order valence-corrected chi connectivity index (χ4v) is 3.26. The molecular weight excluding hydrogens is 248 g/mol. The molecule has 0 bridgehead atoms. The normalized spacial score (nSPS) is 21.4. The second-order valence-electron chi connectivity index (χ2n) is 6.25. The fraction of sp³-hybridized carbons (Fsp3) is 0.529. The summed E-state index contributed by atoms with van der Waals surface area (Å²) < 4.78 is 6.00. The Kier molecular flexibility index (Phi) is 3.15. The third kappa shape index (κ3) is 2.55. The lowest BCUT2D eigenvalue weighted by Crippen LogP contribution is -2.36. The van der Waals surface area contributed by atoms with Gasteiger partial charge in [-0.3, -0.25) is 0 Å². The molecule has 1 saturated carbocycles. The van der Waals surface area contributed by atoms with E-state index >= 15 is 0 Å². The van der Waals surface area contributed by atoms with Crippen LogP contribution < -0.4 is 4.74 Å². The van der Waals surface area contributed by atoms with Crippen LogP contribution >= 0.6 is 0 Å². The van der Waals surface area contributed by atoms with E-state index < -0.39 is 0 Å². The van der Waals surface area contributed by atoms with Crippen LogP contribution in [0, 0.1) is 5.92 Å². The second kappa shape index (κ2) is 5.13. The molecule has 3 heteroatoms. The highest BCUT2D eigenvalue weighted by Gasteiger charge is 2.31. The molecule has 0 amide bonds. The van der Waals surface area contributed by atoms with E-state index in [-0.39, 0.29) is 0 Å². The van der Waals surface area contributed by atoms with Crippen LogP contribution in [0.4, 0.5) is 0 Å². The molecule has 2 fully saturated rings. The minimum Gasteiger partial charge on any atom is -0.493 e. The molecule has 2 aromatic rings. The van der Waals surface area contributed by atoms with Crippen molar-refractivity contribution in [1.82, 2.24) is 9.88 Å². The summed E-state index contributed by atoms with van der Waals surface area (Å²) >= 11 is 0. The van der Waals surface area contributed by atoms with Crippen LogP contribution in [-0.4, -0.2) is 35.6 Å². The number of nitrogens with one attached hydrogen (secondary N) is 1. The molecule has 0 spiro atoms. The van der Waals surface area contributed by atoms with E-state index in [2.05, 4.69) is 34.1 Å². The van der Waals surface area contributed by atoms with Crippen molar-refractivity contribution in [3.05, 3.63) is 30.5 Å². The van der Waals surface area contributed by atoms with Crippen molar-refractivity contribution in [1.29, 1.82) is 0 Å². The van der Waals surface area contributed by atoms with E-state index in [1.165, 1.54) is 49.7 Å². The van der Waals surface area contributed by atoms with Gasteiger partial charge in [0.2, 0.25) is 0 Å². The molecule has 1 aliphatic carbocycles. The van der Waals surface area contributed by atoms with E-state index in [1.807, 2.05) is 6.20 Å². The summed E-state index contributed by atoms with van der Waals surface area (Å²) in [5.41, 5.74) is 1.18. The molecule has 1 aromatic carbocycles. The van der Waals surface area contributed by atoms with Crippen molar-refractivity contribution in [2.24, 2.45) is 5.92 Å². The predicted octanol–water partition coefficient (Wildman–Crippen LogP) is 3.42. The molecule has 1 saturated heterocycles. The van der Waals surface area contributed by atoms with Crippen LogP contribution in [0.25, 0.3) is 10.9 Å². The van der Waals surface area contributed by atoms with E-state index in [4.69, 9.17) is 4.74 Å². The Hall–Kier alpha value is -1.48. The van der Waals surface area contributed by atoms with Crippen LogP contribution in [0.1, 0.15) is 25.7 Å². The van der Waals surface area contributed by atoms with Gasteiger partial charge in [0.15, 0.2) is 0 Å². The number of likely N-dealkylation sites (tertiary alicyclic amines) is 1. The van der Waals surface area contributed by atoms with E-state index in [9.17, 15) is 0 Å². The Labute approximate surface area is 119 Å². The molecule has 0 radical (unpaired) electrons. The smallest absolute Gasteiger partial charge is 0.120 e. The first kappa shape index (κ1) is 12.3. The Morgan fingerprint density at radius 3 is 2.75 bits per heavy atom. The van der Waals surface area contributed by atoms with Gasteiger partial charge in [-0.2, -0.15) is 0 Å². The SMILES string of the molecule is c1cc2cc(OCC3CCN(C4CC4)CC3)ccc2[nH]1. The molecule has 20 heavy (non-hydrogen) atoms. The van der Waals surface area contributed by atoms with Gasteiger partial charge in [0, 0.05) is 23.1 Å². The molecular formula is C17H22N2O. The topological polar surface area (TPSA) is 28.3 Å². The van der Waals surface area contributed by atoms with Crippen molar-refractivity contribution < 1.29 is 4.74 Å². The number of hydrogen-bond donors (Lipinski definition) is 1. The number of hydrogen-bond acceptors (Lipinski definition) is 2. The Bertz CT molecular complexity index is 579. The zero-order valence-corrected chi connectivity index (χ0v) is 11.8. The number of benzene rings is 1. The minimum absolute atomic E-state index is 0.729. The van der Waals surface area contributed by atoms with Crippen molar-refractivity contribution in [3.63, 3.8) is 0 Å². The number of rotatable bonds is 4. The number of H-pyrrole nitrogens is 1. The summed E-state index contributed by atoms with van der Waals surface area (Å²) in [6, 6.07) is 9.31. The van der Waals surface area contributed by atoms with Gasteiger partial charge in [-0.1, -0.05) is 0 Å². The standard InChI is InChI=1S/C17H22N2O/c1-2-15(1)19-9-6-13(7-10-19)12-20-16-3-4-17-14(11-16)5-8-18-17/h3-5,8,11,13,15,18H,1-2,6-7,9-10,12H2. The van der Waals surface area contributed by atoms with E-state index in [0.29, 0.717) is 0 Å². The Morgan fingerprint density at radius 1 is 1.10 bits per heavy atom. The summed E-state index contributed by atoms with van der Waals surface area (Å²) in [6.07, 6.45) is 7.42. The highest BCUT2D eigenvalue weighted by atomic mass is 16.5. The molecule has 0 atom stereocenters. The van der Waals surface area contributed by atoms with E-state index in [0.717, 1.165) is 24.3 Å². The van der Waals surface area contributed by atoms with Gasteiger partial charge in [-0.25, -0.2) is 0 Å². The third-order valence-electron chi connectivity index (χ3n) is 4.72. The predicted molar refractivity (Wildman–Crippen MR) is 81.1 cm³/mol. The number of ether oxygens (including phenoxy) is 1. The summed E-state index contributed by atoms with van der Waals surface area (Å²) in [4.78, 5) is 5.88. The number of nitrogens with zero attached hydrogens (tertiary/aromatic N) is 1. The molecule has 1 aromatic heterocycles. The first-order valence-electron chi connectivity index (χ1n) is 7.82. The van der Waals surface area contributed by atoms with Crippen molar-refractivity contribution >= 4 is 10.9 Å². The highest BCUT2D eigenvalue weighted by Crippen LogP contribution is 2.31. The van der Waals surface area contributed by atoms with Crippen LogP contribution in [0.5, 0.6) is 5.75 Å². The maximum absolute atomic E-state index is 6.00. The number of aromatic amines is 1. The van der Waals surface area contributed by atoms with Gasteiger partial charge in [0.25, 0.3) is 0 Å². The van der Waals surface area contributed by atoms with Crippen LogP contribution in [0.2, 0.25) is 0 Å². The first-order valence-corrected chi connectivity index (χ1v) is 7.82. The van der Waals surface area contributed by atoms with Crippen molar-refractivity contribution in [2.45, 2.75) is 31.7 Å². The lowest BCUT2D eigenvalue weighted by atomic mass is 9.98. The zero-order valence-electron chi connectivity index (χ0n) is 11.8. The minimum atomic E-state index is 0.729. The Morgan fingerprint density at radius 2 is 1.95 bits per heavy atom. The average molecular weight is 270 g/mol. The van der Waals surface area contributed by atoms with Gasteiger partial charge >= 0.3 is 0 Å². The molecule has 0 unspecified atom stereocenters. The zero-order chi connectivity index (χ0) is 13.4. The van der Waals surface area contributed by atoms with Gasteiger partial charge < -0.3 is 14.6 Å². The summed E-state index contributed by atoms with van der Waals surface area (Å²) in [7, 11) is 0. The molecule has 106 valence electrons. The molecule has 3 nitrogen and oxygen atoms in total.